The molecule has 0 atom stereocenters. The third-order valence-corrected chi connectivity index (χ3v) is 5.84. The molecule has 29 heavy (non-hydrogen) atoms. The van der Waals surface area contributed by atoms with Gasteiger partial charge in [-0.3, -0.25) is 10.1 Å². The van der Waals surface area contributed by atoms with Crippen LogP contribution in [0.25, 0.3) is 5.69 Å². The van der Waals surface area contributed by atoms with E-state index in [4.69, 9.17) is 4.74 Å². The molecule has 3 rings (SSSR count). The molecule has 0 fully saturated rings. The average Bonchev–Trinajstić information content (AvgIpc) is 3.29. The third kappa shape index (κ3) is 5.77. The molecule has 1 aromatic carbocycles. The van der Waals surface area contributed by atoms with Gasteiger partial charge in [-0.15, -0.1) is 10.2 Å². The van der Waals surface area contributed by atoms with E-state index in [2.05, 4.69) is 34.5 Å². The van der Waals surface area contributed by atoms with Gasteiger partial charge in [0.25, 0.3) is 5.91 Å². The molecule has 1 N–H and O–H groups in total. The summed E-state index contributed by atoms with van der Waals surface area (Å²) in [5.41, 5.74) is 0.742. The van der Waals surface area contributed by atoms with E-state index in [0.717, 1.165) is 16.5 Å². The fourth-order valence-corrected chi connectivity index (χ4v) is 4.42. The number of benzene rings is 1. The van der Waals surface area contributed by atoms with Gasteiger partial charge in [-0.1, -0.05) is 36.9 Å². The van der Waals surface area contributed by atoms with Crippen LogP contribution in [0.2, 0.25) is 0 Å². The number of hydrogen-bond donors (Lipinski definition) is 1. The molecule has 1 amide bonds. The minimum atomic E-state index is -0.441. The number of ether oxygens (including phenoxy) is 1. The maximum Gasteiger partial charge on any atom is 0.281 e. The van der Waals surface area contributed by atoms with Crippen LogP contribution in [-0.4, -0.2) is 38.2 Å². The molecule has 0 aliphatic heterocycles. The Labute approximate surface area is 176 Å². The lowest BCUT2D eigenvalue weighted by atomic mass is 10.2. The number of carbonyl (C=O) groups excluding carboxylic acids is 1. The van der Waals surface area contributed by atoms with Gasteiger partial charge in [-0.25, -0.2) is 9.07 Å². The van der Waals surface area contributed by atoms with Gasteiger partial charge in [0.15, 0.2) is 15.8 Å². The van der Waals surface area contributed by atoms with E-state index >= 15 is 0 Å². The van der Waals surface area contributed by atoms with E-state index in [9.17, 15) is 9.18 Å². The molecule has 3 aromatic rings. The van der Waals surface area contributed by atoms with Crippen molar-refractivity contribution in [2.75, 3.05) is 17.7 Å². The topological polar surface area (TPSA) is 81.9 Å². The van der Waals surface area contributed by atoms with E-state index in [1.807, 2.05) is 6.92 Å². The van der Waals surface area contributed by atoms with Gasteiger partial charge >= 0.3 is 0 Å². The number of amides is 1. The minimum absolute atomic E-state index is 0.125. The highest BCUT2D eigenvalue weighted by atomic mass is 32.2. The standard InChI is InChI=1S/C19H22FN5O2S2/c1-4-27-15-11-25(14-7-5-13(20)6-8-14)24-16(15)17(26)21-18-22-23-19(29-18)28-10-9-12(2)3/h5-8,11-12H,4,9-10H2,1-3H3,(H,21,22,26). The fraction of sp³-hybridized carbons (Fsp3) is 0.368. The van der Waals surface area contributed by atoms with Crippen LogP contribution in [0.1, 0.15) is 37.7 Å². The van der Waals surface area contributed by atoms with Gasteiger partial charge in [0.2, 0.25) is 5.13 Å². The fourth-order valence-electron chi connectivity index (χ4n) is 2.36. The maximum atomic E-state index is 13.2. The molecule has 0 aliphatic rings. The molecule has 0 radical (unpaired) electrons. The predicted octanol–water partition coefficient (Wildman–Crippen LogP) is 4.65. The Hall–Kier alpha value is -2.46. The summed E-state index contributed by atoms with van der Waals surface area (Å²) < 4.78 is 21.0. The first-order valence-corrected chi connectivity index (χ1v) is 11.0. The summed E-state index contributed by atoms with van der Waals surface area (Å²) in [6.07, 6.45) is 2.68. The zero-order chi connectivity index (χ0) is 20.8. The maximum absolute atomic E-state index is 13.2. The number of nitrogens with zero attached hydrogens (tertiary/aromatic N) is 4. The van der Waals surface area contributed by atoms with E-state index in [1.165, 1.54) is 28.2 Å². The number of halogens is 1. The number of carbonyl (C=O) groups is 1. The summed E-state index contributed by atoms with van der Waals surface area (Å²) >= 11 is 2.95. The minimum Gasteiger partial charge on any atom is -0.490 e. The quantitative estimate of drug-likeness (QED) is 0.389. The zero-order valence-electron chi connectivity index (χ0n) is 16.4. The van der Waals surface area contributed by atoms with Gasteiger partial charge in [0, 0.05) is 5.75 Å². The predicted molar refractivity (Wildman–Crippen MR) is 113 cm³/mol. The molecule has 2 aromatic heterocycles. The van der Waals surface area contributed by atoms with Crippen LogP contribution < -0.4 is 10.1 Å². The summed E-state index contributed by atoms with van der Waals surface area (Å²) in [7, 11) is 0. The number of hydrogen-bond acceptors (Lipinski definition) is 7. The zero-order valence-corrected chi connectivity index (χ0v) is 18.0. The van der Waals surface area contributed by atoms with Crippen LogP contribution in [-0.2, 0) is 0 Å². The third-order valence-electron chi connectivity index (χ3n) is 3.83. The lowest BCUT2D eigenvalue weighted by Gasteiger charge is -2.02. The lowest BCUT2D eigenvalue weighted by molar-refractivity contribution is 0.101. The Kier molecular flexibility index (Phi) is 7.21. The molecule has 0 spiro atoms. The van der Waals surface area contributed by atoms with Crippen molar-refractivity contribution in [2.24, 2.45) is 5.92 Å². The molecule has 7 nitrogen and oxygen atoms in total. The number of rotatable bonds is 9. The normalized spacial score (nSPS) is 11.1. The second-order valence-electron chi connectivity index (χ2n) is 6.55. The van der Waals surface area contributed by atoms with Crippen LogP contribution in [0.5, 0.6) is 5.75 Å². The van der Waals surface area contributed by atoms with E-state index < -0.39 is 5.91 Å². The summed E-state index contributed by atoms with van der Waals surface area (Å²) in [6, 6.07) is 5.81. The van der Waals surface area contributed by atoms with Crippen LogP contribution in [0.3, 0.4) is 0 Å². The second kappa shape index (κ2) is 9.84. The van der Waals surface area contributed by atoms with Crippen molar-refractivity contribution in [3.63, 3.8) is 0 Å². The van der Waals surface area contributed by atoms with Crippen LogP contribution >= 0.6 is 23.1 Å². The first kappa shape index (κ1) is 21.3. The van der Waals surface area contributed by atoms with Crippen molar-refractivity contribution >= 4 is 34.1 Å². The van der Waals surface area contributed by atoms with E-state index in [1.54, 1.807) is 30.1 Å². The molecule has 0 saturated heterocycles. The van der Waals surface area contributed by atoms with E-state index in [0.29, 0.717) is 29.1 Å². The summed E-state index contributed by atoms with van der Waals surface area (Å²) in [4.78, 5) is 12.7. The Morgan fingerprint density at radius 3 is 2.76 bits per heavy atom. The monoisotopic (exact) mass is 435 g/mol. The molecule has 0 saturated carbocycles. The van der Waals surface area contributed by atoms with Gasteiger partial charge in [-0.05, 0) is 43.5 Å². The molecule has 154 valence electrons. The second-order valence-corrected chi connectivity index (χ2v) is 8.87. The Morgan fingerprint density at radius 1 is 1.31 bits per heavy atom. The smallest absolute Gasteiger partial charge is 0.281 e. The van der Waals surface area contributed by atoms with Gasteiger partial charge < -0.3 is 4.74 Å². The van der Waals surface area contributed by atoms with Crippen LogP contribution in [0.4, 0.5) is 9.52 Å². The molecular weight excluding hydrogens is 413 g/mol. The molecular formula is C19H22FN5O2S2. The van der Waals surface area contributed by atoms with Crippen molar-refractivity contribution in [1.82, 2.24) is 20.0 Å². The van der Waals surface area contributed by atoms with Gasteiger partial charge in [-0.2, -0.15) is 5.10 Å². The SMILES string of the molecule is CCOc1cn(-c2ccc(F)cc2)nc1C(=O)Nc1nnc(SCCC(C)C)s1. The average molecular weight is 436 g/mol. The first-order chi connectivity index (χ1) is 14.0. The Morgan fingerprint density at radius 2 is 2.07 bits per heavy atom. The van der Waals surface area contributed by atoms with E-state index in [-0.39, 0.29) is 11.5 Å². The van der Waals surface area contributed by atoms with Crippen molar-refractivity contribution in [2.45, 2.75) is 31.5 Å². The Balaban J connectivity index is 1.73. The largest absolute Gasteiger partial charge is 0.490 e. The molecule has 0 bridgehead atoms. The van der Waals surface area contributed by atoms with Crippen LogP contribution in [0.15, 0.2) is 34.8 Å². The molecule has 0 aliphatic carbocycles. The lowest BCUT2D eigenvalue weighted by Crippen LogP contribution is -2.14. The molecule has 0 unspecified atom stereocenters. The van der Waals surface area contributed by atoms with Crippen molar-refractivity contribution in [3.8, 4) is 11.4 Å². The molecule has 10 heteroatoms. The van der Waals surface area contributed by atoms with Gasteiger partial charge in [0.1, 0.15) is 5.82 Å². The summed E-state index contributed by atoms with van der Waals surface area (Å²) in [6.45, 7) is 6.55. The van der Waals surface area contributed by atoms with Crippen molar-refractivity contribution in [1.29, 1.82) is 0 Å². The molecule has 2 heterocycles. The highest BCUT2D eigenvalue weighted by Crippen LogP contribution is 2.28. The number of nitrogens with one attached hydrogen (secondary N) is 1. The van der Waals surface area contributed by atoms with Crippen molar-refractivity contribution in [3.05, 3.63) is 42.0 Å². The first-order valence-electron chi connectivity index (χ1n) is 9.22. The number of anilines is 1. The Bertz CT molecular complexity index is 956. The summed E-state index contributed by atoms with van der Waals surface area (Å²) in [5, 5.41) is 15.6. The van der Waals surface area contributed by atoms with Crippen LogP contribution in [0, 0.1) is 11.7 Å². The number of aromatic nitrogens is 4. The van der Waals surface area contributed by atoms with Gasteiger partial charge in [0.05, 0.1) is 18.5 Å². The highest BCUT2D eigenvalue weighted by molar-refractivity contribution is 8.01. The van der Waals surface area contributed by atoms with Crippen molar-refractivity contribution < 1.29 is 13.9 Å². The summed E-state index contributed by atoms with van der Waals surface area (Å²) in [5.74, 6) is 1.14. The number of thioether (sulfide) groups is 1. The highest BCUT2D eigenvalue weighted by Gasteiger charge is 2.20.